The lowest BCUT2D eigenvalue weighted by Gasteiger charge is -2.15. The molecule has 0 aliphatic rings. The van der Waals surface area contributed by atoms with Crippen LogP contribution in [0, 0.1) is 0 Å². The fraction of sp³-hybridized carbons (Fsp3) is 0. The molecule has 3 aromatic heterocycles. The summed E-state index contributed by atoms with van der Waals surface area (Å²) in [4.78, 5) is 15.7. The van der Waals surface area contributed by atoms with Gasteiger partial charge in [-0.05, 0) is 130 Å². The highest BCUT2D eigenvalue weighted by Gasteiger charge is 2.20. The van der Waals surface area contributed by atoms with E-state index in [1.54, 1.807) is 11.3 Å². The first-order chi connectivity index (χ1) is 36.7. The van der Waals surface area contributed by atoms with E-state index in [4.69, 9.17) is 15.0 Å². The molecule has 0 bridgehead atoms. The predicted molar refractivity (Wildman–Crippen MR) is 314 cm³/mol. The molecule has 0 amide bonds. The summed E-state index contributed by atoms with van der Waals surface area (Å²) in [5, 5.41) is 19.8. The third-order valence-electron chi connectivity index (χ3n) is 15.4. The van der Waals surface area contributed by atoms with E-state index in [0.717, 1.165) is 27.8 Å². The van der Waals surface area contributed by atoms with Crippen molar-refractivity contribution in [1.82, 2.24) is 19.5 Å². The highest BCUT2D eigenvalue weighted by Crippen LogP contribution is 2.44. The average molecular weight is 957 g/mol. The van der Waals surface area contributed by atoms with Crippen LogP contribution in [0.2, 0.25) is 0 Å². The monoisotopic (exact) mass is 956 g/mol. The van der Waals surface area contributed by atoms with Gasteiger partial charge in [0.1, 0.15) is 0 Å². The fourth-order valence-corrected chi connectivity index (χ4v) is 13.2. The maximum atomic E-state index is 5.32. The fourth-order valence-electron chi connectivity index (χ4n) is 12.0. The van der Waals surface area contributed by atoms with Crippen molar-refractivity contribution in [3.63, 3.8) is 0 Å². The van der Waals surface area contributed by atoms with E-state index >= 15 is 0 Å². The average Bonchev–Trinajstić information content (AvgIpc) is 4.03. The van der Waals surface area contributed by atoms with Gasteiger partial charge in [0.05, 0.1) is 11.0 Å². The summed E-state index contributed by atoms with van der Waals surface area (Å²) < 4.78 is 4.86. The second kappa shape index (κ2) is 16.0. The quantitative estimate of drug-likeness (QED) is 0.161. The van der Waals surface area contributed by atoms with Crippen molar-refractivity contribution in [1.29, 1.82) is 0 Å². The Morgan fingerprint density at radius 3 is 1.39 bits per heavy atom. The lowest BCUT2D eigenvalue weighted by atomic mass is 9.92. The predicted octanol–water partition coefficient (Wildman–Crippen LogP) is 18.9. The molecular weight excluding hydrogens is 917 g/mol. The van der Waals surface area contributed by atoms with Gasteiger partial charge in [0.15, 0.2) is 17.5 Å². The van der Waals surface area contributed by atoms with Crippen molar-refractivity contribution >= 4 is 118 Å². The normalized spacial score (nSPS) is 12.1. The summed E-state index contributed by atoms with van der Waals surface area (Å²) >= 11 is 1.79. The molecule has 16 rings (SSSR count). The summed E-state index contributed by atoms with van der Waals surface area (Å²) in [5.41, 5.74) is 8.76. The molecule has 0 aliphatic heterocycles. The molecule has 0 radical (unpaired) electrons. The van der Waals surface area contributed by atoms with Crippen molar-refractivity contribution in [3.8, 4) is 51.0 Å². The van der Waals surface area contributed by atoms with Gasteiger partial charge in [-0.25, -0.2) is 15.0 Å². The number of hydrogen-bond donors (Lipinski definition) is 0. The first kappa shape index (κ1) is 41.1. The van der Waals surface area contributed by atoms with Crippen molar-refractivity contribution in [2.45, 2.75) is 0 Å². The third-order valence-corrected chi connectivity index (χ3v) is 16.6. The Balaban J connectivity index is 0.863. The van der Waals surface area contributed by atoms with E-state index in [-0.39, 0.29) is 0 Å². The molecule has 74 heavy (non-hydrogen) atoms. The second-order valence-electron chi connectivity index (χ2n) is 19.4. The van der Waals surface area contributed by atoms with Crippen LogP contribution in [0.3, 0.4) is 0 Å². The Kier molecular flexibility index (Phi) is 8.88. The molecule has 4 nitrogen and oxygen atoms in total. The molecule has 0 unspecified atom stereocenters. The molecule has 16 aromatic rings. The molecule has 342 valence electrons. The highest BCUT2D eigenvalue weighted by atomic mass is 32.1. The molecule has 0 saturated heterocycles. The SMILES string of the molecule is c1ccc(-c2nc(-c3ccc4c(c3)c3ccccc3c3ccc(-n5c6ccccc6c6cc(-c7ccc8c9ccccc9c9ccccc9c8c7)ccc65)cc34)nc(-c3cccc4c3sc3ccccc34)n2)cc1. The van der Waals surface area contributed by atoms with Crippen LogP contribution in [0.5, 0.6) is 0 Å². The first-order valence-corrected chi connectivity index (χ1v) is 26.0. The van der Waals surface area contributed by atoms with E-state index < -0.39 is 0 Å². The van der Waals surface area contributed by atoms with Crippen LogP contribution >= 0.6 is 11.3 Å². The topological polar surface area (TPSA) is 43.6 Å². The second-order valence-corrected chi connectivity index (χ2v) is 20.5. The van der Waals surface area contributed by atoms with Gasteiger partial charge in [-0.3, -0.25) is 0 Å². The third kappa shape index (κ3) is 6.17. The molecule has 0 fully saturated rings. The molecule has 0 atom stereocenters. The minimum atomic E-state index is 0.641. The van der Waals surface area contributed by atoms with Gasteiger partial charge in [0.25, 0.3) is 0 Å². The molecule has 0 saturated carbocycles. The Morgan fingerprint density at radius 2 is 0.703 bits per heavy atom. The van der Waals surface area contributed by atoms with E-state index in [1.165, 1.54) is 112 Å². The Labute approximate surface area is 428 Å². The molecule has 13 aromatic carbocycles. The van der Waals surface area contributed by atoms with Gasteiger partial charge in [0.2, 0.25) is 0 Å². The number of fused-ring (bicyclic) bond motifs is 18. The summed E-state index contributed by atoms with van der Waals surface area (Å²) in [5.74, 6) is 1.95. The molecule has 0 N–H and O–H groups in total. The van der Waals surface area contributed by atoms with Gasteiger partial charge >= 0.3 is 0 Å². The van der Waals surface area contributed by atoms with Gasteiger partial charge in [-0.2, -0.15) is 0 Å². The van der Waals surface area contributed by atoms with Crippen LogP contribution in [0.4, 0.5) is 0 Å². The first-order valence-electron chi connectivity index (χ1n) is 25.2. The van der Waals surface area contributed by atoms with E-state index in [1.807, 2.05) is 18.2 Å². The smallest absolute Gasteiger partial charge is 0.165 e. The summed E-state index contributed by atoms with van der Waals surface area (Å²) in [7, 11) is 0. The van der Waals surface area contributed by atoms with Gasteiger partial charge in [-0.1, -0.05) is 188 Å². The van der Waals surface area contributed by atoms with Crippen LogP contribution in [0.1, 0.15) is 0 Å². The maximum Gasteiger partial charge on any atom is 0.165 e. The Hall–Kier alpha value is -9.55. The molecule has 5 heteroatoms. The lowest BCUT2D eigenvalue weighted by molar-refractivity contribution is 1.08. The van der Waals surface area contributed by atoms with E-state index in [0.29, 0.717) is 17.5 Å². The van der Waals surface area contributed by atoms with Crippen LogP contribution in [-0.2, 0) is 0 Å². The zero-order valence-electron chi connectivity index (χ0n) is 39.8. The van der Waals surface area contributed by atoms with Crippen molar-refractivity contribution < 1.29 is 0 Å². The number of benzene rings is 13. The minimum Gasteiger partial charge on any atom is -0.309 e. The van der Waals surface area contributed by atoms with Crippen LogP contribution in [0.15, 0.2) is 243 Å². The Bertz CT molecular complexity index is 4990. The molecule has 3 heterocycles. The van der Waals surface area contributed by atoms with Gasteiger partial charge in [0, 0.05) is 53.3 Å². The van der Waals surface area contributed by atoms with Crippen LogP contribution in [0.25, 0.3) is 158 Å². The summed E-state index contributed by atoms with van der Waals surface area (Å²) in [6.45, 7) is 0. The standard InChI is InChI=1S/C69H40N4S/c1-2-15-41(16-3-1)67-70-68(72-69(71-67)58-26-14-25-57-56-24-11-13-28-65(56)74-66(57)58)44-30-34-54-60(39-44)51-22-9-7-20-49(51)53-35-32-45(40-61(53)54)73-63-27-12-10-23-55(63)62-38-43(31-36-64(62)73)42-29-33-52-48-19-5-4-17-46(48)47-18-6-8-21-50(47)59(52)37-42/h1-40H. The van der Waals surface area contributed by atoms with E-state index in [9.17, 15) is 0 Å². The van der Waals surface area contributed by atoms with Gasteiger partial charge < -0.3 is 4.57 Å². The van der Waals surface area contributed by atoms with Crippen molar-refractivity contribution in [3.05, 3.63) is 243 Å². The maximum absolute atomic E-state index is 5.32. The molecule has 0 spiro atoms. The number of nitrogens with zero attached hydrogens (tertiary/aromatic N) is 4. The lowest BCUT2D eigenvalue weighted by Crippen LogP contribution is -2.00. The van der Waals surface area contributed by atoms with Crippen LogP contribution < -0.4 is 0 Å². The summed E-state index contributed by atoms with van der Waals surface area (Å²) in [6.07, 6.45) is 0. The molecule has 0 aliphatic carbocycles. The van der Waals surface area contributed by atoms with Crippen molar-refractivity contribution in [2.75, 3.05) is 0 Å². The number of rotatable bonds is 5. The van der Waals surface area contributed by atoms with E-state index in [2.05, 4.69) is 229 Å². The minimum absolute atomic E-state index is 0.641. The zero-order valence-corrected chi connectivity index (χ0v) is 40.6. The molecular formula is C69H40N4S. The van der Waals surface area contributed by atoms with Crippen LogP contribution in [-0.4, -0.2) is 19.5 Å². The van der Waals surface area contributed by atoms with Gasteiger partial charge in [-0.15, -0.1) is 11.3 Å². The zero-order chi connectivity index (χ0) is 48.4. The van der Waals surface area contributed by atoms with Crippen molar-refractivity contribution in [2.24, 2.45) is 0 Å². The largest absolute Gasteiger partial charge is 0.309 e. The number of thiophene rings is 1. The Morgan fingerprint density at radius 1 is 0.257 bits per heavy atom. The summed E-state index contributed by atoms with van der Waals surface area (Å²) in [6, 6.07) is 88.3. The number of hydrogen-bond acceptors (Lipinski definition) is 4. The number of aromatic nitrogens is 4. The highest BCUT2D eigenvalue weighted by molar-refractivity contribution is 7.26. The number of para-hydroxylation sites is 1.